The fourth-order valence-electron chi connectivity index (χ4n) is 3.34. The Hall–Kier alpha value is -3.47. The molecule has 0 saturated carbocycles. The van der Waals surface area contributed by atoms with Crippen molar-refractivity contribution < 1.29 is 18.3 Å². The first kappa shape index (κ1) is 21.8. The number of hydrogen-bond acceptors (Lipinski definition) is 8. The Bertz CT molecular complexity index is 1210. The van der Waals surface area contributed by atoms with Crippen molar-refractivity contribution in [2.75, 3.05) is 18.9 Å². The molecule has 32 heavy (non-hydrogen) atoms. The van der Waals surface area contributed by atoms with Crippen LogP contribution in [-0.4, -0.2) is 45.6 Å². The van der Waals surface area contributed by atoms with Gasteiger partial charge in [-0.05, 0) is 30.5 Å². The number of hydrogen-bond donors (Lipinski definition) is 2. The van der Waals surface area contributed by atoms with E-state index in [1.807, 2.05) is 25.3 Å². The molecule has 166 valence electrons. The fourth-order valence-corrected chi connectivity index (χ4v) is 4.03. The first-order chi connectivity index (χ1) is 15.5. The molecular formula is C21H20F2N6O2S. The molecule has 4 rings (SSSR count). The zero-order chi connectivity index (χ0) is 22.7. The summed E-state index contributed by atoms with van der Waals surface area (Å²) in [7, 11) is 2.73. The van der Waals surface area contributed by atoms with E-state index in [0.29, 0.717) is 5.82 Å². The van der Waals surface area contributed by atoms with Gasteiger partial charge in [-0.25, -0.2) is 18.7 Å². The lowest BCUT2D eigenvalue weighted by molar-refractivity contribution is 0.146. The highest BCUT2D eigenvalue weighted by molar-refractivity contribution is 8.00. The van der Waals surface area contributed by atoms with Gasteiger partial charge in [0.2, 0.25) is 24.1 Å². The van der Waals surface area contributed by atoms with Gasteiger partial charge in [0.15, 0.2) is 5.82 Å². The fraction of sp³-hybridized carbons (Fsp3) is 0.238. The second kappa shape index (κ2) is 9.35. The third-order valence-electron chi connectivity index (χ3n) is 4.74. The second-order valence-corrected chi connectivity index (χ2v) is 7.60. The third-order valence-corrected chi connectivity index (χ3v) is 5.59. The number of halogens is 2. The van der Waals surface area contributed by atoms with Crippen molar-refractivity contribution in [1.82, 2.24) is 24.9 Å². The van der Waals surface area contributed by atoms with E-state index in [0.717, 1.165) is 26.9 Å². The summed E-state index contributed by atoms with van der Waals surface area (Å²) in [5, 5.41) is 0.962. The van der Waals surface area contributed by atoms with Crippen LogP contribution in [0, 0.1) is 6.92 Å². The average molecular weight is 458 g/mol. The highest BCUT2D eigenvalue weighted by Crippen LogP contribution is 2.36. The van der Waals surface area contributed by atoms with Crippen LogP contribution in [0.4, 0.5) is 14.7 Å². The van der Waals surface area contributed by atoms with Gasteiger partial charge in [0.1, 0.15) is 0 Å². The number of H-pyrrole nitrogens is 1. The Morgan fingerprint density at radius 3 is 2.41 bits per heavy atom. The van der Waals surface area contributed by atoms with Crippen molar-refractivity contribution in [3.8, 4) is 23.1 Å². The number of aromatic nitrogens is 5. The smallest absolute Gasteiger partial charge is 0.243 e. The van der Waals surface area contributed by atoms with Gasteiger partial charge in [0, 0.05) is 36.0 Å². The Labute approximate surface area is 187 Å². The molecule has 0 aliphatic rings. The molecule has 3 aromatic heterocycles. The van der Waals surface area contributed by atoms with E-state index in [4.69, 9.17) is 9.47 Å². The minimum Gasteiger partial charge on any atom is -0.481 e. The van der Waals surface area contributed by atoms with Crippen LogP contribution in [0.15, 0.2) is 41.7 Å². The number of alkyl halides is 2. The average Bonchev–Trinajstić information content (AvgIpc) is 3.21. The second-order valence-electron chi connectivity index (χ2n) is 6.75. The van der Waals surface area contributed by atoms with Gasteiger partial charge in [-0.1, -0.05) is 12.1 Å². The van der Waals surface area contributed by atoms with Gasteiger partial charge in [-0.3, -0.25) is 4.72 Å². The molecule has 0 fully saturated rings. The van der Waals surface area contributed by atoms with E-state index in [1.54, 1.807) is 18.5 Å². The summed E-state index contributed by atoms with van der Waals surface area (Å²) in [6, 6.07) is 5.78. The maximum Gasteiger partial charge on any atom is 0.243 e. The molecular weight excluding hydrogens is 438 g/mol. The van der Waals surface area contributed by atoms with E-state index >= 15 is 0 Å². The Balaban J connectivity index is 1.64. The van der Waals surface area contributed by atoms with Gasteiger partial charge in [0.25, 0.3) is 0 Å². The van der Waals surface area contributed by atoms with Crippen molar-refractivity contribution in [2.24, 2.45) is 0 Å². The molecule has 0 aliphatic heterocycles. The van der Waals surface area contributed by atoms with Crippen LogP contribution < -0.4 is 14.2 Å². The van der Waals surface area contributed by atoms with E-state index in [1.165, 1.54) is 26.2 Å². The molecule has 0 aliphatic carbocycles. The van der Waals surface area contributed by atoms with Gasteiger partial charge in [0.05, 0.1) is 30.2 Å². The number of methoxy groups -OCH3 is 2. The van der Waals surface area contributed by atoms with Crippen LogP contribution in [-0.2, 0) is 6.42 Å². The lowest BCUT2D eigenvalue weighted by Crippen LogP contribution is -2.08. The minimum absolute atomic E-state index is 0.0401. The van der Waals surface area contributed by atoms with E-state index in [9.17, 15) is 8.78 Å². The summed E-state index contributed by atoms with van der Waals surface area (Å²) in [6.45, 7) is 2.00. The first-order valence-corrected chi connectivity index (χ1v) is 10.4. The molecule has 0 saturated heterocycles. The monoisotopic (exact) mass is 458 g/mol. The molecule has 8 nitrogen and oxygen atoms in total. The molecule has 3 heterocycles. The number of benzene rings is 1. The van der Waals surface area contributed by atoms with Gasteiger partial charge >= 0.3 is 0 Å². The molecule has 0 amide bonds. The summed E-state index contributed by atoms with van der Waals surface area (Å²) in [5.41, 5.74) is 2.99. The van der Waals surface area contributed by atoms with Gasteiger partial charge < -0.3 is 14.5 Å². The molecule has 4 aromatic rings. The van der Waals surface area contributed by atoms with E-state index in [2.05, 4.69) is 29.6 Å². The summed E-state index contributed by atoms with van der Waals surface area (Å²) in [5.74, 6) is 0.890. The van der Waals surface area contributed by atoms with Crippen LogP contribution in [0.5, 0.6) is 11.8 Å². The summed E-state index contributed by atoms with van der Waals surface area (Å²) < 4.78 is 39.2. The predicted molar refractivity (Wildman–Crippen MR) is 118 cm³/mol. The Kier molecular flexibility index (Phi) is 6.35. The van der Waals surface area contributed by atoms with Gasteiger partial charge in [-0.2, -0.15) is 9.97 Å². The first-order valence-electron chi connectivity index (χ1n) is 9.59. The van der Waals surface area contributed by atoms with Crippen LogP contribution in [0.3, 0.4) is 0 Å². The lowest BCUT2D eigenvalue weighted by atomic mass is 10.0. The summed E-state index contributed by atoms with van der Waals surface area (Å²) in [6.07, 6.45) is 2.12. The zero-order valence-electron chi connectivity index (χ0n) is 17.5. The number of aromatic amines is 1. The molecule has 0 bridgehead atoms. The van der Waals surface area contributed by atoms with Crippen molar-refractivity contribution in [3.63, 3.8) is 0 Å². The van der Waals surface area contributed by atoms with Crippen LogP contribution in [0.2, 0.25) is 0 Å². The lowest BCUT2D eigenvalue weighted by Gasteiger charge is -2.13. The molecule has 0 radical (unpaired) electrons. The number of ether oxygens (including phenoxy) is 2. The highest BCUT2D eigenvalue weighted by atomic mass is 32.2. The van der Waals surface area contributed by atoms with Gasteiger partial charge in [-0.15, -0.1) is 0 Å². The minimum atomic E-state index is -2.58. The SMILES string of the molecule is COc1nc(NSc2c[nH]c3c(-c4ncccn4)c(C)ccc23)nc(OC)c1CC(F)F. The number of rotatable bonds is 8. The zero-order valence-corrected chi connectivity index (χ0v) is 18.3. The predicted octanol–water partition coefficient (Wildman–Crippen LogP) is 4.67. The number of nitrogens with zero attached hydrogens (tertiary/aromatic N) is 4. The summed E-state index contributed by atoms with van der Waals surface area (Å²) >= 11 is 1.27. The molecule has 0 spiro atoms. The van der Waals surface area contributed by atoms with Crippen molar-refractivity contribution >= 4 is 28.8 Å². The van der Waals surface area contributed by atoms with Crippen LogP contribution >= 0.6 is 11.9 Å². The van der Waals surface area contributed by atoms with Crippen LogP contribution in [0.25, 0.3) is 22.3 Å². The normalized spacial score (nSPS) is 11.2. The van der Waals surface area contributed by atoms with Crippen molar-refractivity contribution in [1.29, 1.82) is 0 Å². The van der Waals surface area contributed by atoms with Crippen molar-refractivity contribution in [3.05, 3.63) is 47.9 Å². The number of nitrogens with one attached hydrogen (secondary N) is 2. The molecule has 11 heteroatoms. The molecule has 2 N–H and O–H groups in total. The topological polar surface area (TPSA) is 97.8 Å². The number of fused-ring (bicyclic) bond motifs is 1. The number of aryl methyl sites for hydroxylation is 1. The Morgan fingerprint density at radius 2 is 1.78 bits per heavy atom. The van der Waals surface area contributed by atoms with E-state index < -0.39 is 12.8 Å². The van der Waals surface area contributed by atoms with E-state index in [-0.39, 0.29) is 23.3 Å². The molecule has 0 unspecified atom stereocenters. The highest BCUT2D eigenvalue weighted by Gasteiger charge is 2.20. The maximum atomic E-state index is 12.9. The standard InChI is InChI=1S/C21H20F2N6O2S/c1-11-5-6-12-14(10-26-17(12)16(11)18-24-7-4-8-25-18)32-29-21-27-19(30-2)13(9-15(22)23)20(28-21)31-3/h4-8,10,15,26H,9H2,1-3H3,(H,27,28,29). The maximum absolute atomic E-state index is 12.9. The summed E-state index contributed by atoms with van der Waals surface area (Å²) in [4.78, 5) is 21.3. The third kappa shape index (κ3) is 4.28. The van der Waals surface area contributed by atoms with Crippen molar-refractivity contribution in [2.45, 2.75) is 24.7 Å². The largest absolute Gasteiger partial charge is 0.481 e. The molecule has 1 aromatic carbocycles. The molecule has 0 atom stereocenters. The van der Waals surface area contributed by atoms with Crippen LogP contribution in [0.1, 0.15) is 11.1 Å². The quantitative estimate of drug-likeness (QED) is 0.368. The Morgan fingerprint density at radius 1 is 1.09 bits per heavy atom. The number of anilines is 1.